The van der Waals surface area contributed by atoms with Gasteiger partial charge in [-0.25, -0.2) is 5.10 Å². The number of hydrogen-bond donors (Lipinski definition) is 1. The van der Waals surface area contributed by atoms with Gasteiger partial charge in [0.05, 0.1) is 83.7 Å². The Morgan fingerprint density at radius 2 is 0.742 bits per heavy atom. The highest BCUT2D eigenvalue weighted by Gasteiger charge is 2.20. The number of rotatable bonds is 18. The Hall–Kier alpha value is -3.90. The molecule has 32 heteroatoms. The van der Waals surface area contributed by atoms with Crippen LogP contribution in [0, 0.1) is 11.3 Å². The molecular weight excluding hydrogens is 1560 g/mol. The predicted octanol–water partition coefficient (Wildman–Crippen LogP) is 23.2. The summed E-state index contributed by atoms with van der Waals surface area (Å²) in [6.45, 7) is 17.2. The van der Waals surface area contributed by atoms with Crippen LogP contribution in [0.1, 0.15) is 124 Å². The molecule has 0 radical (unpaired) electrons. The summed E-state index contributed by atoms with van der Waals surface area (Å²) in [5.74, 6) is 0.862. The number of halogens is 12. The Kier molecular flexibility index (Phi) is 30.1. The molecule has 10 rings (SSSR count). The normalized spacial score (nSPS) is 12.4. The van der Waals surface area contributed by atoms with Crippen molar-refractivity contribution in [3.8, 4) is 6.07 Å². The first-order chi connectivity index (χ1) is 44.2. The Morgan fingerprint density at radius 3 is 1.03 bits per heavy atom. The number of aromatic nitrogens is 8. The highest BCUT2D eigenvalue weighted by Crippen LogP contribution is 2.44. The molecule has 16 nitrogen and oxygen atoms in total. The van der Waals surface area contributed by atoms with Crippen LogP contribution in [0.4, 0.5) is 0 Å². The molecule has 8 aromatic rings. The van der Waals surface area contributed by atoms with Gasteiger partial charge in [-0.05, 0) is 146 Å². The Bertz CT molecular complexity index is 4180. The van der Waals surface area contributed by atoms with Gasteiger partial charge in [0, 0.05) is 23.7 Å². The molecule has 0 spiro atoms. The quantitative estimate of drug-likeness (QED) is 0.0791. The molecule has 0 bridgehead atoms. The Balaban J connectivity index is 0.000000176. The predicted molar refractivity (Wildman–Crippen MR) is 388 cm³/mol. The van der Waals surface area contributed by atoms with Crippen molar-refractivity contribution in [1.82, 2.24) is 40.8 Å². The number of hydrogen-bond acceptors (Lipinski definition) is 19. The van der Waals surface area contributed by atoms with Crippen LogP contribution in [-0.4, -0.2) is 65.3 Å². The first-order valence-corrected chi connectivity index (χ1v) is 36.4. The maximum absolute atomic E-state index is 11.8. The summed E-state index contributed by atoms with van der Waals surface area (Å²) in [6.07, 6.45) is 1.49. The lowest BCUT2D eigenvalue weighted by Crippen LogP contribution is -2.15. The number of H-pyrrole nitrogens is 1. The van der Waals surface area contributed by atoms with Crippen LogP contribution in [0.25, 0.3) is 0 Å². The highest BCUT2D eigenvalue weighted by atomic mass is 79.9. The molecule has 6 heterocycles. The second-order valence-electron chi connectivity index (χ2n) is 21.3. The fraction of sp³-hybridized carbons (Fsp3) is 0.295. The zero-order valence-electron chi connectivity index (χ0n) is 50.3. The van der Waals surface area contributed by atoms with Crippen LogP contribution in [0.3, 0.4) is 0 Å². The lowest BCUT2D eigenvalue weighted by Gasteiger charge is -2.11. The highest BCUT2D eigenvalue weighted by molar-refractivity contribution is 9.08. The fourth-order valence-corrected chi connectivity index (χ4v) is 15.7. The van der Waals surface area contributed by atoms with Crippen molar-refractivity contribution < 1.29 is 0 Å². The third-order valence-corrected chi connectivity index (χ3v) is 21.9. The summed E-state index contributed by atoms with van der Waals surface area (Å²) in [5, 5.41) is 71.4. The van der Waals surface area contributed by atoms with E-state index < -0.39 is 0 Å². The van der Waals surface area contributed by atoms with E-state index in [-0.39, 0.29) is 35.7 Å². The van der Waals surface area contributed by atoms with Crippen LogP contribution >= 0.6 is 191 Å². The van der Waals surface area contributed by atoms with Crippen LogP contribution in [-0.2, 0) is 24.6 Å². The van der Waals surface area contributed by atoms with E-state index in [2.05, 4.69) is 121 Å². The van der Waals surface area contributed by atoms with Gasteiger partial charge in [-0.1, -0.05) is 246 Å². The molecule has 93 heavy (non-hydrogen) atoms. The van der Waals surface area contributed by atoms with Crippen molar-refractivity contribution in [2.75, 3.05) is 13.1 Å². The summed E-state index contributed by atoms with van der Waals surface area (Å²) < 4.78 is 0. The van der Waals surface area contributed by atoms with Crippen molar-refractivity contribution in [2.45, 2.75) is 143 Å². The minimum Gasteiger partial charge on any atom is -0.268 e. The molecule has 0 fully saturated rings. The van der Waals surface area contributed by atoms with Gasteiger partial charge in [-0.15, -0.1) is 40.8 Å². The first-order valence-electron chi connectivity index (χ1n) is 27.8. The summed E-state index contributed by atoms with van der Waals surface area (Å²) >= 11 is 77.8. The van der Waals surface area contributed by atoms with Gasteiger partial charge >= 0.3 is 0 Å². The van der Waals surface area contributed by atoms with E-state index in [1.807, 2.05) is 82.3 Å². The van der Waals surface area contributed by atoms with Gasteiger partial charge in [-0.3, -0.25) is 4.79 Å². The SMILES string of the molecule is CC(C)c1cc(Sc2c(Cl)cc(CBr)cc2Cl)nnc1Cl.CC(C)c1cc(Sc2c(Cl)cc(CC#N)cc2Cl)nnc1Cl.CC(C)c1cc(Sc2c(Cl)cc(CC3=NN=NC3)cc2Cl)n[nH]c1=O.CC(C)c1cc(Sc2c(Cl)cc(CC3=NN=NC3)cc2Cl)nnc1Cl. The lowest BCUT2D eigenvalue weighted by atomic mass is 10.1. The maximum atomic E-state index is 11.8. The molecule has 2 aliphatic heterocycles. The van der Waals surface area contributed by atoms with Crippen LogP contribution in [0.2, 0.25) is 55.6 Å². The summed E-state index contributed by atoms with van der Waals surface area (Å²) in [4.78, 5) is 14.7. The Labute approximate surface area is 618 Å². The van der Waals surface area contributed by atoms with Gasteiger partial charge in [0.2, 0.25) is 0 Å². The van der Waals surface area contributed by atoms with E-state index in [1.54, 1.807) is 18.2 Å². The van der Waals surface area contributed by atoms with Gasteiger partial charge in [0.15, 0.2) is 15.5 Å². The lowest BCUT2D eigenvalue weighted by molar-refractivity contribution is 0.791. The number of alkyl halides is 1. The average molecular weight is 1610 g/mol. The number of nitrogens with zero attached hydrogens (tertiary/aromatic N) is 14. The minimum atomic E-state index is -0.181. The molecule has 4 aromatic carbocycles. The number of aromatic amines is 1. The second kappa shape index (κ2) is 36.6. The van der Waals surface area contributed by atoms with E-state index in [9.17, 15) is 4.79 Å². The summed E-state index contributed by atoms with van der Waals surface area (Å²) in [6, 6.07) is 24.3. The molecule has 0 atom stereocenters. The topological polar surface area (TPSA) is 221 Å². The molecule has 1 N–H and O–H groups in total. The molecule has 4 aromatic heterocycles. The zero-order valence-corrected chi connectivity index (χ0v) is 63.5. The summed E-state index contributed by atoms with van der Waals surface area (Å²) in [7, 11) is 0. The van der Waals surface area contributed by atoms with Crippen molar-refractivity contribution >= 4 is 202 Å². The molecule has 0 amide bonds. The monoisotopic (exact) mass is 1600 g/mol. The number of benzene rings is 4. The Morgan fingerprint density at radius 1 is 0.441 bits per heavy atom. The first kappa shape index (κ1) is 76.5. The van der Waals surface area contributed by atoms with E-state index in [1.165, 1.54) is 47.0 Å². The zero-order chi connectivity index (χ0) is 67.8. The molecular formula is C61H53BrCl11N15OS4. The standard InChI is InChI=1S/C16H14Cl3N5S.C16H15Cl2N5OS.C15H12Cl3N3S.C14H12BrCl3N2S/c1-8(2)11-6-14(22-23-16(11)19)25-15-12(17)4-9(5-13(15)18)3-10-7-20-24-21-10;1-8(2)11-6-14(21-22-16(11)24)25-15-12(17)4-9(5-13(15)18)3-10-7-19-23-20-10;1-8(2)10-7-13(20-21-15(10)18)22-14-11(16)5-9(3-4-19)6-12(14)17;1-7(2)9-5-12(19-20-14(9)18)21-13-10(16)3-8(6-15)4-11(13)17/h4-6,8H,3,7H2,1-2H3;4-6,8H,3,7H2,1-2H3,(H,22,24);5-8H,3H2,1-2H3;3-5,7H,6H2,1-2H3. The van der Waals surface area contributed by atoms with Crippen molar-refractivity contribution in [3.05, 3.63) is 183 Å². The number of nitriles is 1. The third-order valence-electron chi connectivity index (χ3n) is 12.9. The molecule has 2 aliphatic rings. The largest absolute Gasteiger partial charge is 0.268 e. The molecule has 486 valence electrons. The third kappa shape index (κ3) is 22.3. The van der Waals surface area contributed by atoms with Crippen molar-refractivity contribution in [3.63, 3.8) is 0 Å². The molecule has 0 aliphatic carbocycles. The van der Waals surface area contributed by atoms with Gasteiger partial charge in [-0.2, -0.15) is 20.6 Å². The van der Waals surface area contributed by atoms with E-state index in [4.69, 9.17) is 133 Å². The van der Waals surface area contributed by atoms with Crippen molar-refractivity contribution in [1.29, 1.82) is 5.26 Å². The summed E-state index contributed by atoms with van der Waals surface area (Å²) in [5.41, 5.74) is 8.80. The van der Waals surface area contributed by atoms with Crippen LogP contribution in [0.5, 0.6) is 0 Å². The fourth-order valence-electron chi connectivity index (χ4n) is 8.23. The smallest absolute Gasteiger partial charge is 0.267 e. The maximum Gasteiger partial charge on any atom is 0.267 e. The van der Waals surface area contributed by atoms with Crippen LogP contribution in [0.15, 0.2) is 148 Å². The van der Waals surface area contributed by atoms with E-state index >= 15 is 0 Å². The minimum absolute atomic E-state index is 0.0995. The van der Waals surface area contributed by atoms with Gasteiger partial charge < -0.3 is 0 Å². The number of nitrogens with one attached hydrogen (secondary N) is 1. The molecule has 0 unspecified atom stereocenters. The molecule has 0 saturated heterocycles. The van der Waals surface area contributed by atoms with Gasteiger partial charge in [0.1, 0.15) is 33.2 Å². The van der Waals surface area contributed by atoms with E-state index in [0.29, 0.717) is 117 Å². The van der Waals surface area contributed by atoms with Gasteiger partial charge in [0.25, 0.3) is 5.56 Å². The van der Waals surface area contributed by atoms with E-state index in [0.717, 1.165) is 65.2 Å². The second-order valence-corrected chi connectivity index (χ2v) is 30.3. The van der Waals surface area contributed by atoms with Crippen LogP contribution < -0.4 is 5.56 Å². The molecule has 0 saturated carbocycles. The average Bonchev–Trinajstić information content (AvgIpc) is 1.24. The van der Waals surface area contributed by atoms with Crippen molar-refractivity contribution in [2.24, 2.45) is 30.9 Å².